The van der Waals surface area contributed by atoms with E-state index < -0.39 is 12.0 Å². The van der Waals surface area contributed by atoms with Crippen LogP contribution in [0.4, 0.5) is 5.69 Å². The Morgan fingerprint density at radius 3 is 3.00 bits per heavy atom. The zero-order valence-corrected chi connectivity index (χ0v) is 10.4. The summed E-state index contributed by atoms with van der Waals surface area (Å²) in [7, 11) is 1.53. The Kier molecular flexibility index (Phi) is 3.61. The summed E-state index contributed by atoms with van der Waals surface area (Å²) in [6.45, 7) is 0. The van der Waals surface area contributed by atoms with Gasteiger partial charge in [-0.1, -0.05) is 11.8 Å². The molecule has 1 aliphatic heterocycles. The molecule has 3 N–H and O–H groups in total. The summed E-state index contributed by atoms with van der Waals surface area (Å²) in [6.07, 6.45) is 0. The third kappa shape index (κ3) is 2.67. The number of thioether (sulfide) groups is 1. The number of hydrogen-bond donors (Lipinski definition) is 3. The monoisotopic (exact) mass is 268 g/mol. The molecule has 18 heavy (non-hydrogen) atoms. The van der Waals surface area contributed by atoms with Crippen LogP contribution >= 0.6 is 11.8 Å². The van der Waals surface area contributed by atoms with E-state index in [0.717, 1.165) is 0 Å². The van der Waals surface area contributed by atoms with Crippen LogP contribution in [-0.2, 0) is 4.79 Å². The molecule has 7 heteroatoms. The van der Waals surface area contributed by atoms with Crippen LogP contribution < -0.4 is 10.1 Å². The number of ether oxygens (including phenoxy) is 1. The molecule has 6 nitrogen and oxygen atoms in total. The zero-order chi connectivity index (χ0) is 13.1. The topological polar surface area (TPSA) is 91.2 Å². The lowest BCUT2D eigenvalue weighted by molar-refractivity contribution is -0.137. The number of nitrogens with zero attached hydrogens (tertiary/aromatic N) is 1. The molecule has 0 bridgehead atoms. The second-order valence-corrected chi connectivity index (χ2v) is 4.62. The van der Waals surface area contributed by atoms with Gasteiger partial charge in [0.1, 0.15) is 11.5 Å². The number of nitrogens with one attached hydrogen (secondary N) is 1. The van der Waals surface area contributed by atoms with Crippen molar-refractivity contribution in [2.45, 2.75) is 6.04 Å². The molecule has 0 spiro atoms. The molecule has 0 saturated heterocycles. The number of carboxylic acids is 1. The van der Waals surface area contributed by atoms with Gasteiger partial charge in [0, 0.05) is 11.8 Å². The molecule has 2 rings (SSSR count). The van der Waals surface area contributed by atoms with Crippen molar-refractivity contribution in [1.29, 1.82) is 0 Å². The fourth-order valence-corrected chi connectivity index (χ4v) is 2.34. The number of anilines is 1. The molecular formula is C11H12N2O4S. The molecule has 1 aromatic rings. The molecule has 1 aromatic carbocycles. The molecule has 0 saturated carbocycles. The molecular weight excluding hydrogens is 256 g/mol. The van der Waals surface area contributed by atoms with Crippen LogP contribution in [0.3, 0.4) is 0 Å². The van der Waals surface area contributed by atoms with Gasteiger partial charge in [-0.2, -0.15) is 0 Å². The van der Waals surface area contributed by atoms with Gasteiger partial charge in [0.05, 0.1) is 12.8 Å². The Morgan fingerprint density at radius 1 is 1.61 bits per heavy atom. The van der Waals surface area contributed by atoms with Crippen molar-refractivity contribution >= 4 is 28.6 Å². The predicted octanol–water partition coefficient (Wildman–Crippen LogP) is 1.37. The number of phenolic OH excluding ortho intramolecular Hbond substituents is 1. The largest absolute Gasteiger partial charge is 0.506 e. The Labute approximate surface area is 108 Å². The van der Waals surface area contributed by atoms with Crippen molar-refractivity contribution < 1.29 is 19.7 Å². The Morgan fingerprint density at radius 2 is 2.39 bits per heavy atom. The number of hydrogen-bond acceptors (Lipinski definition) is 6. The first-order chi connectivity index (χ1) is 8.60. The van der Waals surface area contributed by atoms with E-state index in [1.165, 1.54) is 24.9 Å². The molecule has 96 valence electrons. The van der Waals surface area contributed by atoms with Crippen LogP contribution in [0.1, 0.15) is 0 Å². The van der Waals surface area contributed by atoms with Crippen molar-refractivity contribution in [1.82, 2.24) is 0 Å². The number of aliphatic imine (C=N–C) groups is 1. The number of aliphatic carboxylic acids is 1. The molecule has 0 amide bonds. The molecule has 1 heterocycles. The fraction of sp³-hybridized carbons (Fsp3) is 0.273. The lowest BCUT2D eigenvalue weighted by Crippen LogP contribution is -2.17. The fourth-order valence-electron chi connectivity index (χ4n) is 1.43. The Hall–Kier alpha value is -1.89. The van der Waals surface area contributed by atoms with Crippen molar-refractivity contribution in [2.75, 3.05) is 18.2 Å². The average Bonchev–Trinajstić information content (AvgIpc) is 2.81. The van der Waals surface area contributed by atoms with Gasteiger partial charge < -0.3 is 20.3 Å². The van der Waals surface area contributed by atoms with Gasteiger partial charge in [-0.25, -0.2) is 9.79 Å². The highest BCUT2D eigenvalue weighted by atomic mass is 32.2. The number of rotatable bonds is 3. The second kappa shape index (κ2) is 5.18. The number of methoxy groups -OCH3 is 1. The number of aromatic hydroxyl groups is 1. The molecule has 1 aliphatic rings. The summed E-state index contributed by atoms with van der Waals surface area (Å²) in [5.41, 5.74) is 0.437. The minimum Gasteiger partial charge on any atom is -0.506 e. The minimum atomic E-state index is -0.950. The van der Waals surface area contributed by atoms with Crippen molar-refractivity contribution in [3.8, 4) is 11.5 Å². The third-order valence-electron chi connectivity index (χ3n) is 2.38. The minimum absolute atomic E-state index is 0.0536. The maximum Gasteiger partial charge on any atom is 0.329 e. The maximum absolute atomic E-state index is 10.7. The van der Waals surface area contributed by atoms with Gasteiger partial charge in [0.25, 0.3) is 0 Å². The number of amidine groups is 1. The summed E-state index contributed by atoms with van der Waals surface area (Å²) in [5, 5.41) is 21.8. The van der Waals surface area contributed by atoms with Gasteiger partial charge in [0.2, 0.25) is 0 Å². The first kappa shape index (κ1) is 12.6. The molecule has 0 aromatic heterocycles. The van der Waals surface area contributed by atoms with Crippen LogP contribution in [0.2, 0.25) is 0 Å². The number of phenols is 1. The summed E-state index contributed by atoms with van der Waals surface area (Å²) in [6, 6.07) is 4.01. The highest BCUT2D eigenvalue weighted by Gasteiger charge is 2.24. The van der Waals surface area contributed by atoms with Crippen LogP contribution in [0.5, 0.6) is 11.5 Å². The quantitative estimate of drug-likeness (QED) is 0.717. The predicted molar refractivity (Wildman–Crippen MR) is 69.6 cm³/mol. The SMILES string of the molecule is COc1ccc(O)c(NC2=NC(C(=O)O)CS2)c1. The Bertz CT molecular complexity index is 504. The average molecular weight is 268 g/mol. The van der Waals surface area contributed by atoms with E-state index in [2.05, 4.69) is 10.3 Å². The zero-order valence-electron chi connectivity index (χ0n) is 9.58. The third-order valence-corrected chi connectivity index (χ3v) is 3.34. The number of carbonyl (C=O) groups is 1. The van der Waals surface area contributed by atoms with E-state index in [-0.39, 0.29) is 5.75 Å². The summed E-state index contributed by atoms with van der Waals surface area (Å²) >= 11 is 1.30. The van der Waals surface area contributed by atoms with E-state index >= 15 is 0 Å². The second-order valence-electron chi connectivity index (χ2n) is 3.61. The van der Waals surface area contributed by atoms with Crippen molar-refractivity contribution in [3.05, 3.63) is 18.2 Å². The molecule has 0 radical (unpaired) electrons. The van der Waals surface area contributed by atoms with Gasteiger partial charge >= 0.3 is 5.97 Å². The Balaban J connectivity index is 2.15. The highest BCUT2D eigenvalue weighted by molar-refractivity contribution is 8.14. The van der Waals surface area contributed by atoms with Crippen molar-refractivity contribution in [3.63, 3.8) is 0 Å². The van der Waals surface area contributed by atoms with E-state index in [1.54, 1.807) is 12.1 Å². The maximum atomic E-state index is 10.7. The summed E-state index contributed by atoms with van der Waals surface area (Å²) < 4.78 is 5.04. The van der Waals surface area contributed by atoms with Crippen LogP contribution in [0.15, 0.2) is 23.2 Å². The van der Waals surface area contributed by atoms with Crippen molar-refractivity contribution in [2.24, 2.45) is 4.99 Å². The lowest BCUT2D eigenvalue weighted by atomic mass is 10.3. The first-order valence-electron chi connectivity index (χ1n) is 5.17. The van der Waals surface area contributed by atoms with Gasteiger partial charge in [-0.05, 0) is 12.1 Å². The standard InChI is InChI=1S/C11H12N2O4S/c1-17-6-2-3-9(14)7(4-6)12-11-13-8(5-18-11)10(15)16/h2-4,8,14H,5H2,1H3,(H,12,13)(H,15,16). The molecule has 0 fully saturated rings. The van der Waals surface area contributed by atoms with Crippen LogP contribution in [-0.4, -0.2) is 40.3 Å². The summed E-state index contributed by atoms with van der Waals surface area (Å²) in [5.74, 6) is 0.0864. The van der Waals surface area contributed by atoms with Crippen LogP contribution in [0.25, 0.3) is 0 Å². The lowest BCUT2D eigenvalue weighted by Gasteiger charge is -2.08. The molecule has 0 aliphatic carbocycles. The van der Waals surface area contributed by atoms with Crippen LogP contribution in [0, 0.1) is 0 Å². The van der Waals surface area contributed by atoms with Gasteiger partial charge in [0.15, 0.2) is 11.2 Å². The highest BCUT2D eigenvalue weighted by Crippen LogP contribution is 2.30. The normalized spacial score (nSPS) is 18.3. The van der Waals surface area contributed by atoms with E-state index in [4.69, 9.17) is 9.84 Å². The van der Waals surface area contributed by atoms with E-state index in [9.17, 15) is 9.90 Å². The number of carboxylic acid groups (broad SMARTS) is 1. The van der Waals surface area contributed by atoms with Gasteiger partial charge in [-0.15, -0.1) is 0 Å². The smallest absolute Gasteiger partial charge is 0.329 e. The van der Waals surface area contributed by atoms with E-state index in [0.29, 0.717) is 22.4 Å². The molecule has 1 unspecified atom stereocenters. The summed E-state index contributed by atoms with van der Waals surface area (Å²) in [4.78, 5) is 14.7. The van der Waals surface area contributed by atoms with E-state index in [1.807, 2.05) is 0 Å². The molecule has 1 atom stereocenters. The first-order valence-corrected chi connectivity index (χ1v) is 6.16. The van der Waals surface area contributed by atoms with Gasteiger partial charge in [-0.3, -0.25) is 0 Å². The number of benzene rings is 1.